The zero-order valence-electron chi connectivity index (χ0n) is 12.8. The molecule has 0 unspecified atom stereocenters. The summed E-state index contributed by atoms with van der Waals surface area (Å²) in [6.45, 7) is 4.45. The first-order chi connectivity index (χ1) is 10.6. The van der Waals surface area contributed by atoms with Gasteiger partial charge in [-0.25, -0.2) is 0 Å². The molecule has 3 nitrogen and oxygen atoms in total. The SMILES string of the molecule is CC(=O)c1cc2ccccc2nc1C.c1cc2ccc1CN2. The van der Waals surface area contributed by atoms with Crippen molar-refractivity contribution in [2.75, 3.05) is 5.32 Å². The van der Waals surface area contributed by atoms with Crippen molar-refractivity contribution in [3.05, 3.63) is 71.4 Å². The van der Waals surface area contributed by atoms with Gasteiger partial charge in [-0.3, -0.25) is 9.78 Å². The predicted octanol–water partition coefficient (Wildman–Crippen LogP) is 4.36. The lowest BCUT2D eigenvalue weighted by molar-refractivity contribution is 0.101. The molecule has 3 heterocycles. The number of anilines is 1. The van der Waals surface area contributed by atoms with Gasteiger partial charge in [0.1, 0.15) is 0 Å². The second kappa shape index (κ2) is 5.98. The summed E-state index contributed by atoms with van der Waals surface area (Å²) in [5.41, 5.74) is 5.06. The fraction of sp³-hybridized carbons (Fsp3) is 0.158. The van der Waals surface area contributed by atoms with Crippen molar-refractivity contribution in [1.82, 2.24) is 4.98 Å². The number of benzene rings is 2. The van der Waals surface area contributed by atoms with Crippen molar-refractivity contribution < 1.29 is 4.79 Å². The monoisotopic (exact) mass is 290 g/mol. The van der Waals surface area contributed by atoms with Gasteiger partial charge < -0.3 is 5.32 Å². The highest BCUT2D eigenvalue weighted by atomic mass is 16.1. The third kappa shape index (κ3) is 2.98. The molecular formula is C19H18N2O. The van der Waals surface area contributed by atoms with Crippen molar-refractivity contribution >= 4 is 22.4 Å². The molecule has 2 aliphatic heterocycles. The topological polar surface area (TPSA) is 42.0 Å². The maximum atomic E-state index is 11.3. The Labute approximate surface area is 130 Å². The van der Waals surface area contributed by atoms with Crippen molar-refractivity contribution in [2.45, 2.75) is 20.4 Å². The molecule has 0 radical (unpaired) electrons. The maximum absolute atomic E-state index is 11.3. The van der Waals surface area contributed by atoms with Crippen LogP contribution >= 0.6 is 0 Å². The van der Waals surface area contributed by atoms with Gasteiger partial charge in [0, 0.05) is 28.9 Å². The van der Waals surface area contributed by atoms with Crippen LogP contribution in [0.15, 0.2) is 54.6 Å². The summed E-state index contributed by atoms with van der Waals surface area (Å²) in [6.07, 6.45) is 0. The van der Waals surface area contributed by atoms with E-state index in [1.807, 2.05) is 37.3 Å². The maximum Gasteiger partial charge on any atom is 0.161 e. The summed E-state index contributed by atoms with van der Waals surface area (Å²) >= 11 is 0. The van der Waals surface area contributed by atoms with Gasteiger partial charge in [0.05, 0.1) is 5.52 Å². The number of nitrogens with one attached hydrogen (secondary N) is 1. The molecule has 0 amide bonds. The first-order valence-electron chi connectivity index (χ1n) is 7.33. The van der Waals surface area contributed by atoms with E-state index in [-0.39, 0.29) is 5.78 Å². The van der Waals surface area contributed by atoms with E-state index in [0.29, 0.717) is 5.56 Å². The lowest BCUT2D eigenvalue weighted by atomic mass is 10.1. The van der Waals surface area contributed by atoms with E-state index in [2.05, 4.69) is 34.6 Å². The van der Waals surface area contributed by atoms with Crippen molar-refractivity contribution in [2.24, 2.45) is 0 Å². The van der Waals surface area contributed by atoms with Gasteiger partial charge in [-0.1, -0.05) is 30.3 Å². The summed E-state index contributed by atoms with van der Waals surface area (Å²) in [5.74, 6) is 0.0701. The highest BCUT2D eigenvalue weighted by Crippen LogP contribution is 2.17. The van der Waals surface area contributed by atoms with E-state index in [1.165, 1.54) is 11.3 Å². The number of aryl methyl sites for hydroxylation is 1. The van der Waals surface area contributed by atoms with E-state index in [0.717, 1.165) is 23.1 Å². The van der Waals surface area contributed by atoms with Crippen LogP contribution < -0.4 is 5.32 Å². The fourth-order valence-electron chi connectivity index (χ4n) is 2.51. The van der Waals surface area contributed by atoms with E-state index in [9.17, 15) is 4.79 Å². The standard InChI is InChI=1S/C12H11NO.C7H7N/c1-8-11(9(2)14)7-10-5-3-4-6-12(10)13-8;1-3-7-4-2-6(1)5-8-7/h3-7H,1-2H3;1-4,8H,5H2. The molecule has 0 spiro atoms. The number of rotatable bonds is 1. The van der Waals surface area contributed by atoms with Gasteiger partial charge in [-0.05, 0) is 43.7 Å². The van der Waals surface area contributed by atoms with Gasteiger partial charge in [0.2, 0.25) is 0 Å². The molecule has 0 saturated heterocycles. The molecule has 0 atom stereocenters. The Morgan fingerprint density at radius 2 is 1.82 bits per heavy atom. The number of aromatic nitrogens is 1. The molecule has 1 N–H and O–H groups in total. The number of carbonyl (C=O) groups is 1. The lowest BCUT2D eigenvalue weighted by Gasteiger charge is -2.12. The van der Waals surface area contributed by atoms with E-state index < -0.39 is 0 Å². The van der Waals surface area contributed by atoms with Crippen LogP contribution in [0.4, 0.5) is 5.69 Å². The highest BCUT2D eigenvalue weighted by Gasteiger charge is 2.06. The number of hydrogen-bond donors (Lipinski definition) is 1. The normalized spacial score (nSPS) is 11.5. The van der Waals surface area contributed by atoms with Crippen LogP contribution in [0.2, 0.25) is 0 Å². The van der Waals surface area contributed by atoms with Gasteiger partial charge >= 0.3 is 0 Å². The van der Waals surface area contributed by atoms with Crippen LogP contribution in [0, 0.1) is 6.92 Å². The number of Topliss-reactive ketones (excluding diaryl/α,β-unsaturated/α-hetero) is 1. The first kappa shape index (κ1) is 14.3. The summed E-state index contributed by atoms with van der Waals surface area (Å²) < 4.78 is 0. The molecule has 3 aromatic rings. The fourth-order valence-corrected chi connectivity index (χ4v) is 2.51. The van der Waals surface area contributed by atoms with Gasteiger partial charge in [0.15, 0.2) is 5.78 Å². The third-order valence-electron chi connectivity index (χ3n) is 3.74. The number of hydrogen-bond acceptors (Lipinski definition) is 3. The molecular weight excluding hydrogens is 272 g/mol. The average Bonchev–Trinajstić information content (AvgIpc) is 2.56. The number of para-hydroxylation sites is 1. The van der Waals surface area contributed by atoms with Crippen LogP contribution in [0.25, 0.3) is 10.9 Å². The number of nitrogens with zero attached hydrogens (tertiary/aromatic N) is 1. The second-order valence-corrected chi connectivity index (χ2v) is 5.42. The lowest BCUT2D eigenvalue weighted by Crippen LogP contribution is -2.04. The van der Waals surface area contributed by atoms with Crippen molar-refractivity contribution in [1.29, 1.82) is 0 Å². The molecule has 5 rings (SSSR count). The summed E-state index contributed by atoms with van der Waals surface area (Å²) in [4.78, 5) is 15.6. The predicted molar refractivity (Wildman–Crippen MR) is 90.3 cm³/mol. The van der Waals surface area contributed by atoms with Crippen LogP contribution in [-0.2, 0) is 6.54 Å². The summed E-state index contributed by atoms with van der Waals surface area (Å²) in [6, 6.07) is 18.2. The largest absolute Gasteiger partial charge is 0.381 e. The number of carbonyl (C=O) groups excluding carboxylic acids is 1. The zero-order valence-corrected chi connectivity index (χ0v) is 12.8. The molecule has 0 aliphatic carbocycles. The van der Waals surface area contributed by atoms with Gasteiger partial charge in [0.25, 0.3) is 0 Å². The minimum atomic E-state index is 0.0701. The van der Waals surface area contributed by atoms with Gasteiger partial charge in [-0.2, -0.15) is 0 Å². The Morgan fingerprint density at radius 1 is 1.09 bits per heavy atom. The van der Waals surface area contributed by atoms with Crippen molar-refractivity contribution in [3.63, 3.8) is 0 Å². The van der Waals surface area contributed by atoms with Crippen LogP contribution in [0.3, 0.4) is 0 Å². The van der Waals surface area contributed by atoms with Gasteiger partial charge in [-0.15, -0.1) is 0 Å². The Morgan fingerprint density at radius 3 is 2.32 bits per heavy atom. The molecule has 110 valence electrons. The second-order valence-electron chi connectivity index (χ2n) is 5.42. The van der Waals surface area contributed by atoms with E-state index >= 15 is 0 Å². The molecule has 2 bridgehead atoms. The van der Waals surface area contributed by atoms with E-state index in [1.54, 1.807) is 6.92 Å². The molecule has 0 saturated carbocycles. The molecule has 3 heteroatoms. The quantitative estimate of drug-likeness (QED) is 0.677. The molecule has 2 aliphatic rings. The zero-order chi connectivity index (χ0) is 15.5. The van der Waals surface area contributed by atoms with Crippen LogP contribution in [-0.4, -0.2) is 10.8 Å². The van der Waals surface area contributed by atoms with Crippen LogP contribution in [0.5, 0.6) is 0 Å². The Hall–Kier alpha value is -2.68. The number of ketones is 1. The Bertz CT molecular complexity index is 799. The summed E-state index contributed by atoms with van der Waals surface area (Å²) in [7, 11) is 0. The molecule has 22 heavy (non-hydrogen) atoms. The van der Waals surface area contributed by atoms with Crippen molar-refractivity contribution in [3.8, 4) is 0 Å². The van der Waals surface area contributed by atoms with Crippen LogP contribution in [0.1, 0.15) is 28.5 Å². The first-order valence-corrected chi connectivity index (χ1v) is 7.33. The molecule has 0 fully saturated rings. The number of pyridine rings is 1. The minimum Gasteiger partial charge on any atom is -0.381 e. The molecule has 1 aromatic heterocycles. The minimum absolute atomic E-state index is 0.0701. The third-order valence-corrected chi connectivity index (χ3v) is 3.74. The average molecular weight is 290 g/mol. The highest BCUT2D eigenvalue weighted by molar-refractivity contribution is 5.98. The number of fused-ring (bicyclic) bond motifs is 4. The molecule has 2 aromatic carbocycles. The Kier molecular flexibility index (Phi) is 3.88. The Balaban J connectivity index is 0.000000151. The van der Waals surface area contributed by atoms with E-state index in [4.69, 9.17) is 0 Å². The summed E-state index contributed by atoms with van der Waals surface area (Å²) in [5, 5.41) is 4.24. The smallest absolute Gasteiger partial charge is 0.161 e.